The van der Waals surface area contributed by atoms with Gasteiger partial charge in [0.05, 0.1) is 11.2 Å². The molecule has 3 aromatic rings. The van der Waals surface area contributed by atoms with Crippen molar-refractivity contribution in [1.29, 1.82) is 0 Å². The lowest BCUT2D eigenvalue weighted by atomic mass is 9.93. The lowest BCUT2D eigenvalue weighted by Gasteiger charge is -2.13. The van der Waals surface area contributed by atoms with Gasteiger partial charge in [-0.15, -0.1) is 0 Å². The number of rotatable bonds is 2. The van der Waals surface area contributed by atoms with Crippen LogP contribution < -0.4 is 0 Å². The molecule has 2 aliphatic rings. The Labute approximate surface area is 148 Å². The van der Waals surface area contributed by atoms with E-state index >= 15 is 0 Å². The zero-order valence-corrected chi connectivity index (χ0v) is 14.2. The molecule has 2 aliphatic carbocycles. The van der Waals surface area contributed by atoms with Crippen molar-refractivity contribution in [3.63, 3.8) is 0 Å². The van der Waals surface area contributed by atoms with Gasteiger partial charge in [0.1, 0.15) is 0 Å². The van der Waals surface area contributed by atoms with Crippen LogP contribution in [0.4, 0.5) is 0 Å². The van der Waals surface area contributed by atoms with Crippen molar-refractivity contribution in [2.45, 2.75) is 19.8 Å². The van der Waals surface area contributed by atoms with E-state index in [9.17, 15) is 0 Å². The molecule has 0 N–H and O–H groups in total. The van der Waals surface area contributed by atoms with Crippen LogP contribution in [-0.4, -0.2) is 14.6 Å². The van der Waals surface area contributed by atoms with Gasteiger partial charge in [-0.3, -0.25) is 4.98 Å². The first-order valence-corrected chi connectivity index (χ1v) is 8.80. The van der Waals surface area contributed by atoms with Crippen LogP contribution in [0.3, 0.4) is 0 Å². The van der Waals surface area contributed by atoms with E-state index in [1.807, 2.05) is 29.2 Å². The predicted octanol–water partition coefficient (Wildman–Crippen LogP) is 4.94. The summed E-state index contributed by atoms with van der Waals surface area (Å²) in [5.41, 5.74) is 8.54. The second-order valence-corrected chi connectivity index (χ2v) is 6.89. The van der Waals surface area contributed by atoms with Crippen molar-refractivity contribution < 1.29 is 1.43 Å². The molecule has 0 radical (unpaired) electrons. The molecule has 1 unspecified atom stereocenters. The molecule has 25 heavy (non-hydrogen) atoms. The van der Waals surface area contributed by atoms with E-state index < -0.39 is 0 Å². The summed E-state index contributed by atoms with van der Waals surface area (Å²) in [5, 5.41) is 4.28. The van der Waals surface area contributed by atoms with Gasteiger partial charge in [0.2, 0.25) is 0 Å². The topological polar surface area (TPSA) is 30.2 Å². The SMILES string of the molecule is CC1C=CC(c2cnc3c(c2)C(c2ccn4nccc4c2)=CC3)=CC1.[HH]. The van der Waals surface area contributed by atoms with Crippen LogP contribution in [0.15, 0.2) is 67.2 Å². The lowest BCUT2D eigenvalue weighted by molar-refractivity contribution is 0.739. The third-order valence-electron chi connectivity index (χ3n) is 5.12. The van der Waals surface area contributed by atoms with Gasteiger partial charge in [0.15, 0.2) is 0 Å². The molecule has 0 spiro atoms. The maximum atomic E-state index is 4.74. The van der Waals surface area contributed by atoms with Crippen LogP contribution in [0.5, 0.6) is 0 Å². The molecule has 3 heterocycles. The summed E-state index contributed by atoms with van der Waals surface area (Å²) >= 11 is 0. The van der Waals surface area contributed by atoms with E-state index in [0.29, 0.717) is 5.92 Å². The van der Waals surface area contributed by atoms with Crippen LogP contribution >= 0.6 is 0 Å². The van der Waals surface area contributed by atoms with Gasteiger partial charge < -0.3 is 0 Å². The molecule has 0 saturated carbocycles. The monoisotopic (exact) mass is 327 g/mol. The normalized spacial score (nSPS) is 19.0. The minimum atomic E-state index is 0. The summed E-state index contributed by atoms with van der Waals surface area (Å²) in [5.74, 6) is 0.629. The number of aromatic nitrogens is 3. The fourth-order valence-corrected chi connectivity index (χ4v) is 3.66. The average Bonchev–Trinajstić information content (AvgIpc) is 3.27. The molecule has 0 aliphatic heterocycles. The molecule has 3 heteroatoms. The Hall–Kier alpha value is -2.94. The molecular weight excluding hydrogens is 306 g/mol. The third kappa shape index (κ3) is 2.43. The largest absolute Gasteiger partial charge is 0.260 e. The highest BCUT2D eigenvalue weighted by Crippen LogP contribution is 2.34. The summed E-state index contributed by atoms with van der Waals surface area (Å²) in [6.07, 6.45) is 17.0. The molecule has 0 saturated heterocycles. The zero-order valence-electron chi connectivity index (χ0n) is 14.2. The standard InChI is InChI=1S/C22H19N3.H2/c1-15-2-4-16(5-3-15)18-13-21-20(6-7-22(21)23-14-18)17-9-11-25-19(12-17)8-10-24-25;/h2,4-6,8-15H,3,7H2,1H3;1H. The van der Waals surface area contributed by atoms with E-state index in [-0.39, 0.29) is 1.43 Å². The van der Waals surface area contributed by atoms with Crippen LogP contribution in [0.25, 0.3) is 16.7 Å². The molecule has 3 nitrogen and oxygen atoms in total. The zero-order chi connectivity index (χ0) is 16.8. The molecule has 124 valence electrons. The average molecular weight is 327 g/mol. The minimum absolute atomic E-state index is 0. The summed E-state index contributed by atoms with van der Waals surface area (Å²) < 4.78 is 1.90. The summed E-state index contributed by atoms with van der Waals surface area (Å²) in [6.45, 7) is 2.25. The first kappa shape index (κ1) is 14.4. The molecule has 1 atom stereocenters. The molecule has 0 aromatic carbocycles. The Morgan fingerprint density at radius 3 is 3.00 bits per heavy atom. The van der Waals surface area contributed by atoms with Gasteiger partial charge in [-0.2, -0.15) is 5.10 Å². The van der Waals surface area contributed by atoms with Crippen LogP contribution in [0, 0.1) is 5.92 Å². The maximum absolute atomic E-state index is 4.74. The fourth-order valence-electron chi connectivity index (χ4n) is 3.66. The quantitative estimate of drug-likeness (QED) is 0.667. The fraction of sp³-hybridized carbons (Fsp3) is 0.182. The highest BCUT2D eigenvalue weighted by molar-refractivity contribution is 5.87. The van der Waals surface area contributed by atoms with E-state index in [2.05, 4.69) is 54.5 Å². The van der Waals surface area contributed by atoms with E-state index in [4.69, 9.17) is 4.98 Å². The second kappa shape index (κ2) is 5.55. The highest BCUT2D eigenvalue weighted by atomic mass is 15.2. The van der Waals surface area contributed by atoms with Gasteiger partial charge in [0.25, 0.3) is 0 Å². The smallest absolute Gasteiger partial charge is 0.0667 e. The second-order valence-electron chi connectivity index (χ2n) is 6.89. The molecule has 0 bridgehead atoms. The number of hydrogen-bond donors (Lipinski definition) is 0. The Kier molecular flexibility index (Phi) is 3.20. The Bertz CT molecular complexity index is 1070. The Morgan fingerprint density at radius 1 is 1.16 bits per heavy atom. The molecule has 0 amide bonds. The lowest BCUT2D eigenvalue weighted by Crippen LogP contribution is -1.98. The number of pyridine rings is 2. The van der Waals surface area contributed by atoms with Crippen molar-refractivity contribution in [2.24, 2.45) is 5.92 Å². The summed E-state index contributed by atoms with van der Waals surface area (Å²) in [4.78, 5) is 4.74. The highest BCUT2D eigenvalue weighted by Gasteiger charge is 2.19. The van der Waals surface area contributed by atoms with Gasteiger partial charge in [-0.25, -0.2) is 4.52 Å². The number of fused-ring (bicyclic) bond motifs is 2. The predicted molar refractivity (Wildman–Crippen MR) is 103 cm³/mol. The van der Waals surface area contributed by atoms with E-state index in [1.165, 1.54) is 33.5 Å². The maximum Gasteiger partial charge on any atom is 0.0667 e. The molecule has 3 aromatic heterocycles. The van der Waals surface area contributed by atoms with E-state index in [1.54, 1.807) is 0 Å². The van der Waals surface area contributed by atoms with Crippen LogP contribution in [0.1, 0.15) is 37.2 Å². The molecule has 0 fully saturated rings. The van der Waals surface area contributed by atoms with Crippen LogP contribution in [-0.2, 0) is 6.42 Å². The number of allylic oxidation sites excluding steroid dienone is 5. The van der Waals surface area contributed by atoms with Crippen LogP contribution in [0.2, 0.25) is 0 Å². The Balaban J connectivity index is 0.00000168. The van der Waals surface area contributed by atoms with Crippen molar-refractivity contribution in [3.8, 4) is 0 Å². The Morgan fingerprint density at radius 2 is 2.12 bits per heavy atom. The van der Waals surface area contributed by atoms with Crippen molar-refractivity contribution in [1.82, 2.24) is 14.6 Å². The number of nitrogens with zero attached hydrogens (tertiary/aromatic N) is 3. The third-order valence-corrected chi connectivity index (χ3v) is 5.12. The van der Waals surface area contributed by atoms with Crippen molar-refractivity contribution in [2.75, 3.05) is 0 Å². The van der Waals surface area contributed by atoms with Crippen molar-refractivity contribution in [3.05, 3.63) is 89.5 Å². The summed E-state index contributed by atoms with van der Waals surface area (Å²) in [7, 11) is 0. The first-order chi connectivity index (χ1) is 12.3. The first-order valence-electron chi connectivity index (χ1n) is 8.80. The van der Waals surface area contributed by atoms with Crippen molar-refractivity contribution >= 4 is 16.7 Å². The minimum Gasteiger partial charge on any atom is -0.260 e. The van der Waals surface area contributed by atoms with Gasteiger partial charge in [-0.05, 0) is 53.3 Å². The van der Waals surface area contributed by atoms with E-state index in [0.717, 1.165) is 18.4 Å². The van der Waals surface area contributed by atoms with Gasteiger partial charge in [0, 0.05) is 37.6 Å². The molecule has 5 rings (SSSR count). The number of hydrogen-bond acceptors (Lipinski definition) is 2. The van der Waals surface area contributed by atoms with Gasteiger partial charge in [-0.1, -0.05) is 31.2 Å². The molecular formula is C22H21N3. The van der Waals surface area contributed by atoms with Gasteiger partial charge >= 0.3 is 0 Å². The summed E-state index contributed by atoms with van der Waals surface area (Å²) in [6, 6.07) is 8.67.